The van der Waals surface area contributed by atoms with Crippen LogP contribution >= 0.6 is 0 Å². The maximum atomic E-state index is 13.0. The minimum atomic E-state index is -3.62. The number of nitro benzene ring substituents is 1. The van der Waals surface area contributed by atoms with Crippen LogP contribution in [0.1, 0.15) is 0 Å². The van der Waals surface area contributed by atoms with E-state index in [1.54, 1.807) is 36.5 Å². The average Bonchev–Trinajstić information content (AvgIpc) is 3.19. The van der Waals surface area contributed by atoms with E-state index in [1.165, 1.54) is 16.6 Å². The Bertz CT molecular complexity index is 1150. The number of para-hydroxylation sites is 2. The van der Waals surface area contributed by atoms with E-state index in [-0.39, 0.29) is 22.9 Å². The molecule has 2 aromatic heterocycles. The van der Waals surface area contributed by atoms with Gasteiger partial charge in [0.2, 0.25) is 10.0 Å². The third-order valence-corrected chi connectivity index (χ3v) is 7.03. The van der Waals surface area contributed by atoms with Crippen LogP contribution in [-0.4, -0.2) is 71.8 Å². The third-order valence-electron chi connectivity index (χ3n) is 5.09. The van der Waals surface area contributed by atoms with Crippen molar-refractivity contribution < 1.29 is 18.1 Å². The predicted octanol–water partition coefficient (Wildman–Crippen LogP) is 1.86. The van der Waals surface area contributed by atoms with Crippen LogP contribution in [-0.2, 0) is 10.0 Å². The van der Waals surface area contributed by atoms with Crippen molar-refractivity contribution >= 4 is 26.7 Å². The van der Waals surface area contributed by atoms with Gasteiger partial charge in [-0.1, -0.05) is 12.1 Å². The van der Waals surface area contributed by atoms with Crippen LogP contribution < -0.4 is 4.74 Å². The molecule has 3 aromatic rings. The molecule has 1 aliphatic rings. The summed E-state index contributed by atoms with van der Waals surface area (Å²) in [5.74, 6) is 0.233. The van der Waals surface area contributed by atoms with Crippen molar-refractivity contribution in [2.75, 3.05) is 39.3 Å². The number of aromatic nitrogens is 2. The molecule has 0 spiro atoms. The van der Waals surface area contributed by atoms with Crippen LogP contribution in [0.15, 0.2) is 53.7 Å². The van der Waals surface area contributed by atoms with Crippen molar-refractivity contribution in [1.29, 1.82) is 0 Å². The number of piperazine rings is 1. The number of benzene rings is 1. The molecule has 3 heterocycles. The van der Waals surface area contributed by atoms with E-state index in [0.717, 1.165) is 0 Å². The second-order valence-corrected chi connectivity index (χ2v) is 8.78. The molecule has 1 aromatic carbocycles. The molecule has 0 saturated carbocycles. The zero-order valence-electron chi connectivity index (χ0n) is 16.1. The van der Waals surface area contributed by atoms with Gasteiger partial charge in [-0.05, 0) is 18.2 Å². The summed E-state index contributed by atoms with van der Waals surface area (Å²) in [4.78, 5) is 19.9. The van der Waals surface area contributed by atoms with E-state index in [4.69, 9.17) is 4.74 Å². The van der Waals surface area contributed by atoms with Gasteiger partial charge in [-0.2, -0.15) is 4.31 Å². The zero-order valence-corrected chi connectivity index (χ0v) is 16.9. The molecule has 1 fully saturated rings. The van der Waals surface area contributed by atoms with Gasteiger partial charge >= 0.3 is 5.69 Å². The molecule has 0 aliphatic carbocycles. The van der Waals surface area contributed by atoms with E-state index in [1.807, 2.05) is 0 Å². The molecular weight excluding hydrogens is 410 g/mol. The van der Waals surface area contributed by atoms with Crippen LogP contribution in [0.4, 0.5) is 5.69 Å². The number of H-pyrrole nitrogens is 1. The summed E-state index contributed by atoms with van der Waals surface area (Å²) in [6.45, 7) is 2.67. The molecule has 0 unspecified atom stereocenters. The van der Waals surface area contributed by atoms with Crippen LogP contribution in [0.25, 0.3) is 11.0 Å². The molecule has 0 radical (unpaired) electrons. The first-order chi connectivity index (χ1) is 14.5. The van der Waals surface area contributed by atoms with Gasteiger partial charge in [0.25, 0.3) is 0 Å². The maximum absolute atomic E-state index is 13.0. The number of nitrogens with zero attached hydrogens (tertiary/aromatic N) is 4. The molecule has 0 amide bonds. The number of nitrogens with one attached hydrogen (secondary N) is 1. The highest BCUT2D eigenvalue weighted by molar-refractivity contribution is 7.89. The van der Waals surface area contributed by atoms with Crippen molar-refractivity contribution in [2.24, 2.45) is 0 Å². The summed E-state index contributed by atoms with van der Waals surface area (Å²) in [5, 5.41) is 11.6. The van der Waals surface area contributed by atoms with Gasteiger partial charge in [0.05, 0.1) is 4.92 Å². The van der Waals surface area contributed by atoms with E-state index >= 15 is 0 Å². The van der Waals surface area contributed by atoms with Crippen LogP contribution in [0.2, 0.25) is 0 Å². The Labute approximate surface area is 173 Å². The van der Waals surface area contributed by atoms with Crippen molar-refractivity contribution in [1.82, 2.24) is 19.2 Å². The number of sulfonamides is 1. The highest BCUT2D eigenvalue weighted by Crippen LogP contribution is 2.26. The molecule has 0 atom stereocenters. The lowest BCUT2D eigenvalue weighted by Crippen LogP contribution is -2.49. The topological polar surface area (TPSA) is 122 Å². The van der Waals surface area contributed by atoms with Crippen LogP contribution in [0, 0.1) is 10.1 Å². The van der Waals surface area contributed by atoms with Crippen LogP contribution in [0.3, 0.4) is 0 Å². The second kappa shape index (κ2) is 8.38. The minimum Gasteiger partial charge on any atom is -0.485 e. The summed E-state index contributed by atoms with van der Waals surface area (Å²) in [5.41, 5.74) is 0.475. The van der Waals surface area contributed by atoms with Crippen molar-refractivity contribution in [3.63, 3.8) is 0 Å². The van der Waals surface area contributed by atoms with Gasteiger partial charge < -0.3 is 9.72 Å². The van der Waals surface area contributed by atoms with Gasteiger partial charge in [0.15, 0.2) is 5.75 Å². The quantitative estimate of drug-likeness (QED) is 0.447. The Balaban J connectivity index is 1.33. The summed E-state index contributed by atoms with van der Waals surface area (Å²) in [6, 6.07) is 9.70. The summed E-state index contributed by atoms with van der Waals surface area (Å²) in [7, 11) is -3.62. The number of hydrogen-bond donors (Lipinski definition) is 1. The molecule has 1 N–H and O–H groups in total. The molecule has 10 nitrogen and oxygen atoms in total. The van der Waals surface area contributed by atoms with E-state index < -0.39 is 14.9 Å². The normalized spacial score (nSPS) is 16.0. The molecule has 30 heavy (non-hydrogen) atoms. The summed E-state index contributed by atoms with van der Waals surface area (Å²) >= 11 is 0. The number of fused-ring (bicyclic) bond motifs is 1. The number of rotatable bonds is 7. The number of ether oxygens (including phenoxy) is 1. The zero-order chi connectivity index (χ0) is 21.1. The highest BCUT2D eigenvalue weighted by atomic mass is 32.2. The number of nitro groups is 1. The van der Waals surface area contributed by atoms with Gasteiger partial charge in [-0.25, -0.2) is 13.4 Å². The van der Waals surface area contributed by atoms with Gasteiger partial charge in [0, 0.05) is 56.6 Å². The van der Waals surface area contributed by atoms with E-state index in [0.29, 0.717) is 43.8 Å². The fourth-order valence-corrected chi connectivity index (χ4v) is 5.06. The summed E-state index contributed by atoms with van der Waals surface area (Å²) in [6.07, 6.45) is 3.10. The van der Waals surface area contributed by atoms with Gasteiger partial charge in [-0.15, -0.1) is 0 Å². The largest absolute Gasteiger partial charge is 0.485 e. The van der Waals surface area contributed by atoms with Gasteiger partial charge in [-0.3, -0.25) is 15.0 Å². The summed E-state index contributed by atoms with van der Waals surface area (Å²) < 4.78 is 33.1. The predicted molar refractivity (Wildman–Crippen MR) is 110 cm³/mol. The molecule has 4 rings (SSSR count). The fourth-order valence-electron chi connectivity index (χ4n) is 3.49. The van der Waals surface area contributed by atoms with E-state index in [2.05, 4.69) is 14.9 Å². The van der Waals surface area contributed by atoms with Crippen LogP contribution in [0.5, 0.6) is 5.75 Å². The van der Waals surface area contributed by atoms with E-state index in [9.17, 15) is 18.5 Å². The van der Waals surface area contributed by atoms with Crippen molar-refractivity contribution in [3.8, 4) is 5.75 Å². The number of pyridine rings is 1. The highest BCUT2D eigenvalue weighted by Gasteiger charge is 2.30. The molecule has 1 aliphatic heterocycles. The first kappa shape index (κ1) is 20.3. The molecule has 11 heteroatoms. The average molecular weight is 431 g/mol. The third kappa shape index (κ3) is 3.99. The smallest absolute Gasteiger partial charge is 0.310 e. The minimum absolute atomic E-state index is 0.0679. The SMILES string of the molecule is O=[N+]([O-])c1ccccc1OCCN1CCN(S(=O)(=O)c2c[nH]c3ncccc23)CC1. The first-order valence-corrected chi connectivity index (χ1v) is 10.9. The second-order valence-electron chi connectivity index (χ2n) is 6.87. The van der Waals surface area contributed by atoms with Gasteiger partial charge in [0.1, 0.15) is 17.1 Å². The first-order valence-electron chi connectivity index (χ1n) is 9.47. The lowest BCUT2D eigenvalue weighted by atomic mass is 10.3. The lowest BCUT2D eigenvalue weighted by Gasteiger charge is -2.33. The Kier molecular flexibility index (Phi) is 5.66. The monoisotopic (exact) mass is 431 g/mol. The fraction of sp³-hybridized carbons (Fsp3) is 0.316. The Hall–Kier alpha value is -3.02. The number of aromatic amines is 1. The van der Waals surface area contributed by atoms with Crippen molar-refractivity contribution in [2.45, 2.75) is 4.90 Å². The molecule has 0 bridgehead atoms. The standard InChI is InChI=1S/C19H21N5O5S/c25-24(26)16-5-1-2-6-17(16)29-13-12-22-8-10-23(11-9-22)30(27,28)18-14-21-19-15(18)4-3-7-20-19/h1-7,14H,8-13H2,(H,20,21). The Morgan fingerprint density at radius 1 is 1.13 bits per heavy atom. The van der Waals surface area contributed by atoms with Crippen molar-refractivity contribution in [3.05, 3.63) is 58.9 Å². The molecular formula is C19H21N5O5S. The maximum Gasteiger partial charge on any atom is 0.310 e. The molecule has 1 saturated heterocycles. The molecule has 158 valence electrons. The lowest BCUT2D eigenvalue weighted by molar-refractivity contribution is -0.385. The number of hydrogen-bond acceptors (Lipinski definition) is 7. The Morgan fingerprint density at radius 2 is 1.90 bits per heavy atom. The Morgan fingerprint density at radius 3 is 2.67 bits per heavy atom.